The van der Waals surface area contributed by atoms with Crippen molar-refractivity contribution in [2.24, 2.45) is 10.8 Å². The van der Waals surface area contributed by atoms with Gasteiger partial charge in [0.1, 0.15) is 12.3 Å². The molecule has 2 N–H and O–H groups in total. The zero-order valence-electron chi connectivity index (χ0n) is 10.2. The summed E-state index contributed by atoms with van der Waals surface area (Å²) < 4.78 is 0.207. The molecule has 1 atom stereocenters. The van der Waals surface area contributed by atoms with Crippen LogP contribution >= 0.6 is 15.9 Å². The number of rotatable bonds is 2. The lowest BCUT2D eigenvalue weighted by atomic mass is 9.56. The van der Waals surface area contributed by atoms with E-state index in [1.807, 2.05) is 18.2 Å². The van der Waals surface area contributed by atoms with Gasteiger partial charge in [-0.25, -0.2) is 0 Å². The molecule has 0 radical (unpaired) electrons. The smallest absolute Gasteiger partial charge is 0.190 e. The second-order valence-corrected chi connectivity index (χ2v) is 4.98. The molecule has 94 valence electrons. The minimum atomic E-state index is -1.64. The molecule has 1 aliphatic heterocycles. The molecule has 1 rings (SSSR count). The van der Waals surface area contributed by atoms with Crippen molar-refractivity contribution in [3.05, 3.63) is 10.2 Å². The zero-order valence-corrected chi connectivity index (χ0v) is 11.7. The first-order chi connectivity index (χ1) is 8.49. The molecule has 6 heteroatoms. The highest BCUT2D eigenvalue weighted by molar-refractivity contribution is 9.11. The molecule has 0 aliphatic carbocycles. The topological polar surface area (TPSA) is 104 Å². The van der Waals surface area contributed by atoms with Gasteiger partial charge in [0.25, 0.3) is 0 Å². The van der Waals surface area contributed by atoms with Crippen LogP contribution in [-0.4, -0.2) is 11.3 Å². The van der Waals surface area contributed by atoms with E-state index in [1.165, 1.54) is 0 Å². The molecule has 0 amide bonds. The first-order valence-electron chi connectivity index (χ1n) is 5.57. The lowest BCUT2D eigenvalue weighted by Gasteiger charge is -2.48. The van der Waals surface area contributed by atoms with Crippen LogP contribution in [0.15, 0.2) is 10.2 Å². The molecule has 0 unspecified atom stereocenters. The molecule has 1 heterocycles. The third kappa shape index (κ3) is 1.52. The fourth-order valence-corrected chi connectivity index (χ4v) is 3.21. The van der Waals surface area contributed by atoms with Crippen LogP contribution in [0.2, 0.25) is 0 Å². The minimum Gasteiger partial charge on any atom is -0.373 e. The van der Waals surface area contributed by atoms with Crippen LogP contribution in [0.25, 0.3) is 0 Å². The van der Waals surface area contributed by atoms with Crippen molar-refractivity contribution in [2.75, 3.05) is 0 Å². The van der Waals surface area contributed by atoms with Gasteiger partial charge in [-0.05, 0) is 28.8 Å². The third-order valence-corrected chi connectivity index (χ3v) is 4.46. The van der Waals surface area contributed by atoms with Crippen LogP contribution in [0.3, 0.4) is 0 Å². The summed E-state index contributed by atoms with van der Waals surface area (Å²) in [7, 11) is 0. The number of nitriles is 3. The lowest BCUT2D eigenvalue weighted by molar-refractivity contribution is -0.0464. The number of hydrogen-bond donors (Lipinski definition) is 2. The highest BCUT2D eigenvalue weighted by Crippen LogP contribution is 2.54. The Hall–Kier alpha value is -1.55. The third-order valence-electron chi connectivity index (χ3n) is 3.84. The van der Waals surface area contributed by atoms with E-state index in [-0.39, 0.29) is 10.2 Å². The Morgan fingerprint density at radius 1 is 1.28 bits per heavy atom. The Bertz CT molecular complexity index is 488. The molecular weight excluding hydrogens is 296 g/mol. The molecule has 0 saturated carbocycles. The van der Waals surface area contributed by atoms with Gasteiger partial charge in [0.05, 0.1) is 27.7 Å². The summed E-state index contributed by atoms with van der Waals surface area (Å²) in [6.07, 6.45) is -0.243. The molecule has 1 aliphatic rings. The summed E-state index contributed by atoms with van der Waals surface area (Å²) in [4.78, 5) is 0. The Labute approximate surface area is 114 Å². The SMILES string of the molecule is CCC1(CC)[C@@H](O)NC(Br)=C(C#N)C1(C#N)C#N. The molecule has 0 fully saturated rings. The van der Waals surface area contributed by atoms with E-state index < -0.39 is 17.1 Å². The van der Waals surface area contributed by atoms with Gasteiger partial charge in [0, 0.05) is 0 Å². The predicted molar refractivity (Wildman–Crippen MR) is 67.4 cm³/mol. The summed E-state index contributed by atoms with van der Waals surface area (Å²) in [5.74, 6) is 0. The highest BCUT2D eigenvalue weighted by Gasteiger charge is 2.61. The van der Waals surface area contributed by atoms with Gasteiger partial charge in [0.15, 0.2) is 5.41 Å². The van der Waals surface area contributed by atoms with Gasteiger partial charge in [0.2, 0.25) is 0 Å². The Kier molecular flexibility index (Phi) is 4.02. The molecule has 0 aromatic rings. The van der Waals surface area contributed by atoms with E-state index >= 15 is 0 Å². The summed E-state index contributed by atoms with van der Waals surface area (Å²) in [5, 5.41) is 41.1. The zero-order chi connectivity index (χ0) is 14.0. The van der Waals surface area contributed by atoms with Gasteiger partial charge < -0.3 is 10.4 Å². The molecule has 0 spiro atoms. The largest absolute Gasteiger partial charge is 0.373 e. The molecular formula is C12H13BrN4O. The first kappa shape index (κ1) is 14.5. The average Bonchev–Trinajstić information content (AvgIpc) is 2.38. The summed E-state index contributed by atoms with van der Waals surface area (Å²) >= 11 is 3.11. The highest BCUT2D eigenvalue weighted by atomic mass is 79.9. The summed E-state index contributed by atoms with van der Waals surface area (Å²) in [5.41, 5.74) is -2.62. The van der Waals surface area contributed by atoms with Crippen LogP contribution in [0, 0.1) is 44.8 Å². The van der Waals surface area contributed by atoms with Crippen molar-refractivity contribution in [3.8, 4) is 18.2 Å². The van der Waals surface area contributed by atoms with E-state index in [4.69, 9.17) is 0 Å². The standard InChI is InChI=1S/C12H13BrN4O/c1-3-11(4-2)10(18)17-9(13)8(5-14)12(11,6-15)7-16/h10,17-18H,3-4H2,1-2H3/t10-/m1/s1. The van der Waals surface area contributed by atoms with Gasteiger partial charge in [-0.2, -0.15) is 15.8 Å². The van der Waals surface area contributed by atoms with Crippen molar-refractivity contribution in [2.45, 2.75) is 32.9 Å². The predicted octanol–water partition coefficient (Wildman–Crippen LogP) is 1.88. The number of allylic oxidation sites excluding steroid dienone is 1. The van der Waals surface area contributed by atoms with Gasteiger partial charge in [-0.1, -0.05) is 13.8 Å². The first-order valence-corrected chi connectivity index (χ1v) is 6.36. The molecule has 0 saturated heterocycles. The van der Waals surface area contributed by atoms with E-state index in [0.29, 0.717) is 12.8 Å². The maximum atomic E-state index is 10.2. The van der Waals surface area contributed by atoms with Crippen LogP contribution in [0.1, 0.15) is 26.7 Å². The van der Waals surface area contributed by atoms with E-state index in [2.05, 4.69) is 21.2 Å². The Morgan fingerprint density at radius 2 is 1.78 bits per heavy atom. The number of nitrogens with zero attached hydrogens (tertiary/aromatic N) is 3. The normalized spacial score (nSPS) is 24.4. The van der Waals surface area contributed by atoms with Crippen LogP contribution < -0.4 is 5.32 Å². The number of hydrogen-bond acceptors (Lipinski definition) is 5. The fourth-order valence-electron chi connectivity index (χ4n) is 2.61. The monoisotopic (exact) mass is 308 g/mol. The van der Waals surface area contributed by atoms with Crippen molar-refractivity contribution in [1.82, 2.24) is 5.32 Å². The van der Waals surface area contributed by atoms with Gasteiger partial charge >= 0.3 is 0 Å². The second-order valence-electron chi connectivity index (χ2n) is 4.18. The fraction of sp³-hybridized carbons (Fsp3) is 0.583. The molecule has 0 bridgehead atoms. The van der Waals surface area contributed by atoms with Crippen LogP contribution in [0.4, 0.5) is 0 Å². The molecule has 0 aromatic heterocycles. The van der Waals surface area contributed by atoms with E-state index in [1.54, 1.807) is 13.8 Å². The number of nitrogens with one attached hydrogen (secondary N) is 1. The maximum Gasteiger partial charge on any atom is 0.190 e. The van der Waals surface area contributed by atoms with Crippen LogP contribution in [-0.2, 0) is 0 Å². The minimum absolute atomic E-state index is 0.0292. The Balaban J connectivity index is 3.71. The van der Waals surface area contributed by atoms with E-state index in [0.717, 1.165) is 0 Å². The van der Waals surface area contributed by atoms with Gasteiger partial charge in [-0.15, -0.1) is 0 Å². The average molecular weight is 309 g/mol. The van der Waals surface area contributed by atoms with Crippen LogP contribution in [0.5, 0.6) is 0 Å². The second kappa shape index (κ2) is 4.98. The van der Waals surface area contributed by atoms with Crippen molar-refractivity contribution in [3.63, 3.8) is 0 Å². The van der Waals surface area contributed by atoms with Crippen molar-refractivity contribution >= 4 is 15.9 Å². The number of aliphatic hydroxyl groups is 1. The molecule has 18 heavy (non-hydrogen) atoms. The maximum absolute atomic E-state index is 10.2. The molecule has 0 aromatic carbocycles. The summed E-state index contributed by atoms with van der Waals surface area (Å²) in [6, 6.07) is 5.80. The van der Waals surface area contributed by atoms with Crippen molar-refractivity contribution in [1.29, 1.82) is 15.8 Å². The summed E-state index contributed by atoms with van der Waals surface area (Å²) in [6.45, 7) is 3.60. The van der Waals surface area contributed by atoms with E-state index in [9.17, 15) is 20.9 Å². The quantitative estimate of drug-likeness (QED) is 0.758. The van der Waals surface area contributed by atoms with Gasteiger partial charge in [-0.3, -0.25) is 0 Å². The number of halogens is 1. The lowest BCUT2D eigenvalue weighted by Crippen LogP contribution is -2.58. The Morgan fingerprint density at radius 3 is 2.11 bits per heavy atom. The molecule has 5 nitrogen and oxygen atoms in total. The van der Waals surface area contributed by atoms with Crippen molar-refractivity contribution < 1.29 is 5.11 Å². The number of aliphatic hydroxyl groups excluding tert-OH is 1.